The maximum Gasteiger partial charge on any atom is 0.257 e. The number of methoxy groups -OCH3 is 1. The van der Waals surface area contributed by atoms with Gasteiger partial charge in [0.25, 0.3) is 5.91 Å². The Morgan fingerprint density at radius 1 is 1.23 bits per heavy atom. The van der Waals surface area contributed by atoms with Gasteiger partial charge in [0.1, 0.15) is 17.6 Å². The highest BCUT2D eigenvalue weighted by molar-refractivity contribution is 5.97. The molecule has 1 saturated carbocycles. The highest BCUT2D eigenvalue weighted by Gasteiger charge is 2.27. The normalized spacial score (nSPS) is 14.7. The van der Waals surface area contributed by atoms with E-state index in [0.717, 1.165) is 42.5 Å². The third-order valence-electron chi connectivity index (χ3n) is 5.87. The topological polar surface area (TPSA) is 73.1 Å². The quantitative estimate of drug-likeness (QED) is 0.590. The van der Waals surface area contributed by atoms with Crippen molar-refractivity contribution in [2.24, 2.45) is 0 Å². The minimum atomic E-state index is 0.0768. The minimum Gasteiger partial charge on any atom is -0.496 e. The van der Waals surface area contributed by atoms with Crippen molar-refractivity contribution in [1.29, 1.82) is 0 Å². The van der Waals surface area contributed by atoms with Gasteiger partial charge in [0.05, 0.1) is 31.7 Å². The first kappa shape index (κ1) is 20.3. The van der Waals surface area contributed by atoms with Gasteiger partial charge in [0, 0.05) is 12.6 Å². The Balaban J connectivity index is 1.58. The van der Waals surface area contributed by atoms with Crippen LogP contribution < -0.4 is 4.74 Å². The minimum absolute atomic E-state index is 0.0768. The third kappa shape index (κ3) is 4.15. The molecule has 7 heteroatoms. The van der Waals surface area contributed by atoms with Crippen LogP contribution in [0.5, 0.6) is 5.75 Å². The van der Waals surface area contributed by atoms with Crippen LogP contribution in [0.1, 0.15) is 61.4 Å². The lowest BCUT2D eigenvalue weighted by Gasteiger charge is -2.34. The van der Waals surface area contributed by atoms with Crippen molar-refractivity contribution in [1.82, 2.24) is 24.4 Å². The molecule has 7 nitrogen and oxygen atoms in total. The van der Waals surface area contributed by atoms with Gasteiger partial charge in [-0.05, 0) is 37.0 Å². The van der Waals surface area contributed by atoms with E-state index in [4.69, 9.17) is 4.74 Å². The zero-order valence-corrected chi connectivity index (χ0v) is 17.8. The van der Waals surface area contributed by atoms with Gasteiger partial charge >= 0.3 is 0 Å². The summed E-state index contributed by atoms with van der Waals surface area (Å²) in [6.07, 6.45) is 11.8. The van der Waals surface area contributed by atoms with Crippen LogP contribution in [0, 0.1) is 0 Å². The monoisotopic (exact) mass is 407 g/mol. The zero-order valence-electron chi connectivity index (χ0n) is 17.8. The van der Waals surface area contributed by atoms with Crippen molar-refractivity contribution in [3.8, 4) is 5.75 Å². The Hall–Kier alpha value is -2.96. The second kappa shape index (κ2) is 9.24. The van der Waals surface area contributed by atoms with Crippen LogP contribution >= 0.6 is 0 Å². The molecule has 1 fully saturated rings. The number of carbonyl (C=O) groups excluding carboxylic acids is 1. The van der Waals surface area contributed by atoms with E-state index in [1.54, 1.807) is 19.6 Å². The average molecular weight is 408 g/mol. The second-order valence-electron chi connectivity index (χ2n) is 7.93. The van der Waals surface area contributed by atoms with E-state index in [1.807, 2.05) is 22.8 Å². The van der Waals surface area contributed by atoms with Crippen molar-refractivity contribution in [2.45, 2.75) is 58.0 Å². The standard InChI is InChI=1S/C23H29N5O2/c1-3-11-28(18-7-5-4-6-8-18)23(29)19-10-9-17(12-21(19)30-2)14-27-16-26-20-13-24-15-25-22(20)27/h9-10,12-13,15-16,18H,3-8,11,14H2,1-2H3. The molecule has 0 aliphatic heterocycles. The number of rotatable bonds is 7. The van der Waals surface area contributed by atoms with Crippen molar-refractivity contribution in [3.05, 3.63) is 48.2 Å². The number of hydrogen-bond acceptors (Lipinski definition) is 5. The smallest absolute Gasteiger partial charge is 0.257 e. The molecule has 0 bridgehead atoms. The van der Waals surface area contributed by atoms with Crippen LogP contribution in [-0.2, 0) is 6.54 Å². The number of ether oxygens (including phenoxy) is 1. The predicted molar refractivity (Wildman–Crippen MR) is 116 cm³/mol. The van der Waals surface area contributed by atoms with E-state index in [2.05, 4.69) is 26.8 Å². The van der Waals surface area contributed by atoms with Crippen LogP contribution in [0.25, 0.3) is 11.2 Å². The zero-order chi connectivity index (χ0) is 20.9. The number of fused-ring (bicyclic) bond motifs is 1. The largest absolute Gasteiger partial charge is 0.496 e. The molecule has 4 rings (SSSR count). The first-order chi connectivity index (χ1) is 14.7. The van der Waals surface area contributed by atoms with E-state index < -0.39 is 0 Å². The van der Waals surface area contributed by atoms with Gasteiger partial charge in [0.2, 0.25) is 0 Å². The van der Waals surface area contributed by atoms with E-state index in [1.165, 1.54) is 25.6 Å². The van der Waals surface area contributed by atoms with Crippen LogP contribution in [0.3, 0.4) is 0 Å². The fourth-order valence-electron chi connectivity index (χ4n) is 4.38. The average Bonchev–Trinajstić information content (AvgIpc) is 3.20. The van der Waals surface area contributed by atoms with Gasteiger partial charge in [-0.1, -0.05) is 32.3 Å². The van der Waals surface area contributed by atoms with Gasteiger partial charge < -0.3 is 14.2 Å². The van der Waals surface area contributed by atoms with Gasteiger partial charge in [-0.3, -0.25) is 4.79 Å². The highest BCUT2D eigenvalue weighted by atomic mass is 16.5. The summed E-state index contributed by atoms with van der Waals surface area (Å²) < 4.78 is 7.60. The Morgan fingerprint density at radius 3 is 2.83 bits per heavy atom. The molecule has 1 aliphatic rings. The molecule has 1 aromatic carbocycles. The molecule has 0 spiro atoms. The third-order valence-corrected chi connectivity index (χ3v) is 5.87. The number of hydrogen-bond donors (Lipinski definition) is 0. The van der Waals surface area contributed by atoms with Crippen LogP contribution in [0.4, 0.5) is 0 Å². The maximum absolute atomic E-state index is 13.4. The number of aromatic nitrogens is 4. The summed E-state index contributed by atoms with van der Waals surface area (Å²) >= 11 is 0. The lowest BCUT2D eigenvalue weighted by Crippen LogP contribution is -2.42. The molecule has 0 N–H and O–H groups in total. The van der Waals surface area contributed by atoms with Crippen LogP contribution in [0.2, 0.25) is 0 Å². The molecule has 30 heavy (non-hydrogen) atoms. The molecule has 1 aliphatic carbocycles. The van der Waals surface area contributed by atoms with Gasteiger partial charge in [-0.15, -0.1) is 0 Å². The lowest BCUT2D eigenvalue weighted by molar-refractivity contribution is 0.0631. The fraction of sp³-hybridized carbons (Fsp3) is 0.478. The molecule has 0 radical (unpaired) electrons. The summed E-state index contributed by atoms with van der Waals surface area (Å²) in [7, 11) is 1.63. The Labute approximate surface area is 177 Å². The van der Waals surface area contributed by atoms with E-state index >= 15 is 0 Å². The summed E-state index contributed by atoms with van der Waals surface area (Å²) in [5.41, 5.74) is 3.22. The number of benzene rings is 1. The number of nitrogens with zero attached hydrogens (tertiary/aromatic N) is 5. The SMILES string of the molecule is CCCN(C(=O)c1ccc(Cn2cnc3cncnc32)cc1OC)C1CCCCC1. The molecule has 0 saturated heterocycles. The van der Waals surface area contributed by atoms with Crippen LogP contribution in [-0.4, -0.2) is 50.0 Å². The molecule has 0 atom stereocenters. The van der Waals surface area contributed by atoms with Crippen LogP contribution in [0.15, 0.2) is 37.1 Å². The van der Waals surface area contributed by atoms with Crippen molar-refractivity contribution in [3.63, 3.8) is 0 Å². The highest BCUT2D eigenvalue weighted by Crippen LogP contribution is 2.28. The van der Waals surface area contributed by atoms with Crippen molar-refractivity contribution in [2.75, 3.05) is 13.7 Å². The lowest BCUT2D eigenvalue weighted by atomic mass is 9.93. The summed E-state index contributed by atoms with van der Waals surface area (Å²) in [6.45, 7) is 3.51. The molecular weight excluding hydrogens is 378 g/mol. The molecule has 2 heterocycles. The first-order valence-corrected chi connectivity index (χ1v) is 10.8. The summed E-state index contributed by atoms with van der Waals surface area (Å²) in [5, 5.41) is 0. The summed E-state index contributed by atoms with van der Waals surface area (Å²) in [6, 6.07) is 6.18. The Bertz CT molecular complexity index is 1010. The molecule has 158 valence electrons. The van der Waals surface area contributed by atoms with Gasteiger partial charge in [-0.25, -0.2) is 15.0 Å². The molecule has 2 aromatic heterocycles. The van der Waals surface area contributed by atoms with Crippen molar-refractivity contribution >= 4 is 17.1 Å². The molecule has 1 amide bonds. The summed E-state index contributed by atoms with van der Waals surface area (Å²) in [5.74, 6) is 0.696. The Kier molecular flexibility index (Phi) is 6.26. The maximum atomic E-state index is 13.4. The first-order valence-electron chi connectivity index (χ1n) is 10.8. The second-order valence-corrected chi connectivity index (χ2v) is 7.93. The summed E-state index contributed by atoms with van der Waals surface area (Å²) in [4.78, 5) is 28.2. The van der Waals surface area contributed by atoms with E-state index in [0.29, 0.717) is 23.9 Å². The number of imidazole rings is 1. The van der Waals surface area contributed by atoms with Gasteiger partial charge in [-0.2, -0.15) is 0 Å². The molecule has 3 aromatic rings. The molecular formula is C23H29N5O2. The van der Waals surface area contributed by atoms with E-state index in [9.17, 15) is 4.79 Å². The molecule has 0 unspecified atom stereocenters. The van der Waals surface area contributed by atoms with Gasteiger partial charge in [0.15, 0.2) is 5.65 Å². The number of carbonyl (C=O) groups is 1. The van der Waals surface area contributed by atoms with Crippen molar-refractivity contribution < 1.29 is 9.53 Å². The van der Waals surface area contributed by atoms with E-state index in [-0.39, 0.29) is 5.91 Å². The predicted octanol–water partition coefficient (Wildman–Crippen LogP) is 4.07. The number of amides is 1. The Morgan fingerprint density at radius 2 is 2.07 bits per heavy atom. The fourth-order valence-corrected chi connectivity index (χ4v) is 4.38.